The van der Waals surface area contributed by atoms with Gasteiger partial charge in [0.25, 0.3) is 5.91 Å². The molecule has 0 saturated carbocycles. The molecule has 8 nitrogen and oxygen atoms in total. The van der Waals surface area contributed by atoms with Crippen LogP contribution in [0.5, 0.6) is 0 Å². The SMILES string of the molecule is CC(=O)OCC1=C(C(=O)OC(c2ccccc2)c2ccccc2)N2C(=O)C(=C(Cl)Cl)[C@H]2S(=O)(=O)C1. The van der Waals surface area contributed by atoms with Gasteiger partial charge in [-0.15, -0.1) is 0 Å². The summed E-state index contributed by atoms with van der Waals surface area (Å²) in [7, 11) is -4.03. The number of nitrogens with zero attached hydrogens (tertiary/aromatic N) is 1. The Hall–Kier alpha value is -3.14. The van der Waals surface area contributed by atoms with E-state index in [-0.39, 0.29) is 16.8 Å². The molecule has 1 saturated heterocycles. The molecular formula is C24H19Cl2NO7S. The number of benzene rings is 2. The molecule has 4 rings (SSSR count). The Morgan fingerprint density at radius 2 is 1.57 bits per heavy atom. The summed E-state index contributed by atoms with van der Waals surface area (Å²) in [5, 5.41) is -1.53. The summed E-state index contributed by atoms with van der Waals surface area (Å²) < 4.78 is 36.2. The fourth-order valence-electron chi connectivity index (χ4n) is 3.99. The fraction of sp³-hybridized carbons (Fsp3) is 0.208. The molecule has 1 fully saturated rings. The van der Waals surface area contributed by atoms with Gasteiger partial charge < -0.3 is 9.47 Å². The van der Waals surface area contributed by atoms with Gasteiger partial charge in [0.2, 0.25) is 0 Å². The molecule has 0 aromatic heterocycles. The summed E-state index contributed by atoms with van der Waals surface area (Å²) in [6.07, 6.45) is -0.854. The minimum Gasteiger partial charge on any atom is -0.461 e. The molecule has 2 aromatic carbocycles. The zero-order valence-electron chi connectivity index (χ0n) is 18.3. The van der Waals surface area contributed by atoms with Crippen molar-refractivity contribution < 1.29 is 32.3 Å². The van der Waals surface area contributed by atoms with Crippen LogP contribution in [-0.4, -0.2) is 48.9 Å². The molecule has 0 N–H and O–H groups in total. The molecule has 35 heavy (non-hydrogen) atoms. The van der Waals surface area contributed by atoms with Gasteiger partial charge in [0.15, 0.2) is 21.3 Å². The van der Waals surface area contributed by atoms with Gasteiger partial charge in [0.05, 0.1) is 11.3 Å². The quantitative estimate of drug-likeness (QED) is 0.316. The standard InChI is InChI=1S/C24H19Cl2NO7S/c1-14(28)33-12-17-13-35(31,32)23-18(21(25)26)22(29)27(23)19(17)24(30)34-20(15-8-4-2-5-9-15)16-10-6-3-7-11-16/h2-11,20,23H,12-13H2,1H3/t23-/m1/s1. The lowest BCUT2D eigenvalue weighted by atomic mass is 10.0. The van der Waals surface area contributed by atoms with Gasteiger partial charge in [0, 0.05) is 12.5 Å². The van der Waals surface area contributed by atoms with Crippen LogP contribution in [0.25, 0.3) is 0 Å². The van der Waals surface area contributed by atoms with Gasteiger partial charge in [0.1, 0.15) is 16.8 Å². The van der Waals surface area contributed by atoms with Crippen molar-refractivity contribution in [2.24, 2.45) is 0 Å². The summed E-state index contributed by atoms with van der Waals surface area (Å²) in [6, 6.07) is 17.9. The lowest BCUT2D eigenvalue weighted by molar-refractivity contribution is -0.149. The smallest absolute Gasteiger partial charge is 0.356 e. The summed E-state index contributed by atoms with van der Waals surface area (Å²) in [4.78, 5) is 38.6. The number of ether oxygens (including phenoxy) is 2. The second-order valence-electron chi connectivity index (χ2n) is 7.85. The third-order valence-corrected chi connectivity index (χ3v) is 7.78. The van der Waals surface area contributed by atoms with Gasteiger partial charge >= 0.3 is 11.9 Å². The first-order valence-electron chi connectivity index (χ1n) is 10.4. The molecule has 0 bridgehead atoms. The molecule has 182 valence electrons. The van der Waals surface area contributed by atoms with E-state index in [4.69, 9.17) is 32.7 Å². The Kier molecular flexibility index (Phi) is 7.02. The second-order valence-corrected chi connectivity index (χ2v) is 10.9. The van der Waals surface area contributed by atoms with E-state index in [9.17, 15) is 22.8 Å². The van der Waals surface area contributed by atoms with E-state index in [0.29, 0.717) is 11.1 Å². The summed E-state index contributed by atoms with van der Waals surface area (Å²) in [5.74, 6) is -3.13. The normalized spacial score (nSPS) is 18.6. The third-order valence-electron chi connectivity index (χ3n) is 5.50. The van der Waals surface area contributed by atoms with E-state index < -0.39 is 56.0 Å². The fourth-order valence-corrected chi connectivity index (χ4v) is 6.45. The van der Waals surface area contributed by atoms with Crippen LogP contribution in [0.4, 0.5) is 0 Å². The van der Waals surface area contributed by atoms with Crippen LogP contribution in [0.2, 0.25) is 0 Å². The average Bonchev–Trinajstić information content (AvgIpc) is 2.81. The molecule has 2 aliphatic rings. The number of fused-ring (bicyclic) bond motifs is 1. The van der Waals surface area contributed by atoms with Crippen LogP contribution < -0.4 is 0 Å². The van der Waals surface area contributed by atoms with Gasteiger partial charge in [-0.05, 0) is 11.1 Å². The number of β-lactam (4-membered cyclic amide) rings is 1. The highest BCUT2D eigenvalue weighted by atomic mass is 35.5. The maximum atomic E-state index is 13.5. The number of sulfone groups is 1. The molecule has 1 amide bonds. The average molecular weight is 536 g/mol. The first-order valence-corrected chi connectivity index (χ1v) is 12.9. The van der Waals surface area contributed by atoms with E-state index in [1.807, 2.05) is 12.1 Å². The van der Waals surface area contributed by atoms with Crippen molar-refractivity contribution in [3.05, 3.63) is 93.1 Å². The van der Waals surface area contributed by atoms with Crippen molar-refractivity contribution in [3.8, 4) is 0 Å². The van der Waals surface area contributed by atoms with E-state index in [1.54, 1.807) is 48.5 Å². The Balaban J connectivity index is 1.79. The van der Waals surface area contributed by atoms with E-state index in [0.717, 1.165) is 11.8 Å². The molecule has 2 heterocycles. The third kappa shape index (κ3) is 4.84. The van der Waals surface area contributed by atoms with Gasteiger partial charge in [-0.3, -0.25) is 14.5 Å². The summed E-state index contributed by atoms with van der Waals surface area (Å²) >= 11 is 11.5. The number of hydrogen-bond donors (Lipinski definition) is 0. The Labute approximate surface area is 211 Å². The van der Waals surface area contributed by atoms with Crippen molar-refractivity contribution in [1.29, 1.82) is 0 Å². The molecule has 0 radical (unpaired) electrons. The van der Waals surface area contributed by atoms with E-state index in [2.05, 4.69) is 0 Å². The van der Waals surface area contributed by atoms with Crippen molar-refractivity contribution in [2.75, 3.05) is 12.4 Å². The number of carbonyl (C=O) groups is 3. The van der Waals surface area contributed by atoms with Crippen LogP contribution in [0.1, 0.15) is 24.2 Å². The van der Waals surface area contributed by atoms with E-state index in [1.165, 1.54) is 0 Å². The van der Waals surface area contributed by atoms with Crippen LogP contribution in [0, 0.1) is 0 Å². The number of amides is 1. The topological polar surface area (TPSA) is 107 Å². The molecule has 2 aromatic rings. The van der Waals surface area contributed by atoms with Crippen LogP contribution >= 0.6 is 23.2 Å². The highest BCUT2D eigenvalue weighted by Crippen LogP contribution is 2.43. The monoisotopic (exact) mass is 535 g/mol. The minimum atomic E-state index is -4.03. The second kappa shape index (κ2) is 9.85. The predicted molar refractivity (Wildman–Crippen MR) is 128 cm³/mol. The summed E-state index contributed by atoms with van der Waals surface area (Å²) in [6.45, 7) is 0.632. The number of hydrogen-bond acceptors (Lipinski definition) is 7. The zero-order chi connectivity index (χ0) is 25.3. The molecule has 0 aliphatic carbocycles. The van der Waals surface area contributed by atoms with Crippen LogP contribution in [0.15, 0.2) is 82.0 Å². The van der Waals surface area contributed by atoms with Gasteiger partial charge in [-0.2, -0.15) is 0 Å². The maximum absolute atomic E-state index is 13.5. The highest BCUT2D eigenvalue weighted by molar-refractivity contribution is 7.92. The van der Waals surface area contributed by atoms with Gasteiger partial charge in [-0.1, -0.05) is 83.9 Å². The maximum Gasteiger partial charge on any atom is 0.356 e. The highest BCUT2D eigenvalue weighted by Gasteiger charge is 2.58. The Morgan fingerprint density at radius 1 is 1.03 bits per heavy atom. The number of esters is 2. The Bertz CT molecular complexity index is 1310. The van der Waals surface area contributed by atoms with Crippen LogP contribution in [0.3, 0.4) is 0 Å². The number of rotatable bonds is 6. The van der Waals surface area contributed by atoms with Crippen molar-refractivity contribution in [3.63, 3.8) is 0 Å². The molecular weight excluding hydrogens is 517 g/mol. The largest absolute Gasteiger partial charge is 0.461 e. The number of halogens is 2. The molecule has 0 unspecified atom stereocenters. The summed E-state index contributed by atoms with van der Waals surface area (Å²) in [5.41, 5.74) is 0.598. The molecule has 0 spiro atoms. The minimum absolute atomic E-state index is 0.0839. The van der Waals surface area contributed by atoms with E-state index >= 15 is 0 Å². The first-order chi connectivity index (χ1) is 16.6. The molecule has 11 heteroatoms. The predicted octanol–water partition coefficient (Wildman–Crippen LogP) is 3.42. The first kappa shape index (κ1) is 25.0. The van der Waals surface area contributed by atoms with Crippen molar-refractivity contribution in [1.82, 2.24) is 4.90 Å². The molecule has 2 aliphatic heterocycles. The van der Waals surface area contributed by atoms with Crippen LogP contribution in [-0.2, 0) is 33.7 Å². The van der Waals surface area contributed by atoms with Gasteiger partial charge in [-0.25, -0.2) is 13.2 Å². The number of carbonyl (C=O) groups excluding carboxylic acids is 3. The molecule has 1 atom stereocenters. The van der Waals surface area contributed by atoms with Crippen molar-refractivity contribution >= 4 is 50.9 Å². The Morgan fingerprint density at radius 3 is 2.06 bits per heavy atom. The lowest BCUT2D eigenvalue weighted by Gasteiger charge is -2.45. The zero-order valence-corrected chi connectivity index (χ0v) is 20.6. The lowest BCUT2D eigenvalue weighted by Crippen LogP contribution is -2.62. The van der Waals surface area contributed by atoms with Crippen molar-refractivity contribution in [2.45, 2.75) is 18.4 Å².